The molecule has 1 atom stereocenters. The third-order valence-electron chi connectivity index (χ3n) is 3.84. The topological polar surface area (TPSA) is 55.8 Å². The summed E-state index contributed by atoms with van der Waals surface area (Å²) >= 11 is 0. The molecule has 1 amide bonds. The monoisotopic (exact) mass is 319 g/mol. The van der Waals surface area contributed by atoms with Gasteiger partial charge in [-0.15, -0.1) is 0 Å². The Labute approximate surface area is 137 Å². The quantitative estimate of drug-likeness (QED) is 0.543. The van der Waals surface area contributed by atoms with Gasteiger partial charge in [-0.2, -0.15) is 0 Å². The van der Waals surface area contributed by atoms with E-state index in [1.165, 1.54) is 0 Å². The predicted octanol–water partition coefficient (Wildman–Crippen LogP) is 3.59. The number of fused-ring (bicyclic) bond motifs is 1. The molecule has 1 aliphatic rings. The van der Waals surface area contributed by atoms with E-state index in [0.29, 0.717) is 35.9 Å². The standard InChI is InChI=1S/C18H25NO4/c1-4-6-7-8-19-15-10-14(12-20)11-16(22-9-5-2)17(15)23-13(3)18(19)21/h10-13H,4-9H2,1-3H3. The van der Waals surface area contributed by atoms with Crippen LogP contribution in [0.25, 0.3) is 0 Å². The number of benzene rings is 1. The summed E-state index contributed by atoms with van der Waals surface area (Å²) in [7, 11) is 0. The van der Waals surface area contributed by atoms with Crippen molar-refractivity contribution >= 4 is 17.9 Å². The molecule has 1 aromatic rings. The van der Waals surface area contributed by atoms with Gasteiger partial charge in [0.15, 0.2) is 17.6 Å². The minimum Gasteiger partial charge on any atom is -0.490 e. The maximum atomic E-state index is 12.5. The second-order valence-corrected chi connectivity index (χ2v) is 5.79. The van der Waals surface area contributed by atoms with Crippen LogP contribution in [-0.4, -0.2) is 31.4 Å². The van der Waals surface area contributed by atoms with Crippen molar-refractivity contribution in [2.75, 3.05) is 18.1 Å². The molecule has 0 radical (unpaired) electrons. The highest BCUT2D eigenvalue weighted by molar-refractivity contribution is 6.01. The van der Waals surface area contributed by atoms with Gasteiger partial charge >= 0.3 is 0 Å². The van der Waals surface area contributed by atoms with E-state index >= 15 is 0 Å². The van der Waals surface area contributed by atoms with Gasteiger partial charge in [0, 0.05) is 12.1 Å². The summed E-state index contributed by atoms with van der Waals surface area (Å²) in [5.41, 5.74) is 1.13. The van der Waals surface area contributed by atoms with Crippen LogP contribution in [0.15, 0.2) is 12.1 Å². The lowest BCUT2D eigenvalue weighted by Gasteiger charge is -2.34. The molecule has 0 aliphatic carbocycles. The molecule has 5 nitrogen and oxygen atoms in total. The van der Waals surface area contributed by atoms with Crippen LogP contribution in [0.4, 0.5) is 5.69 Å². The molecule has 0 aromatic heterocycles. The molecule has 1 heterocycles. The highest BCUT2D eigenvalue weighted by atomic mass is 16.5. The Morgan fingerprint density at radius 1 is 1.26 bits per heavy atom. The Morgan fingerprint density at radius 3 is 2.70 bits per heavy atom. The summed E-state index contributed by atoms with van der Waals surface area (Å²) in [5.74, 6) is 1.03. The highest BCUT2D eigenvalue weighted by Gasteiger charge is 2.33. The Kier molecular flexibility index (Phi) is 6.02. The van der Waals surface area contributed by atoms with Crippen LogP contribution in [0, 0.1) is 0 Å². The Morgan fingerprint density at radius 2 is 2.04 bits per heavy atom. The molecule has 0 fully saturated rings. The third-order valence-corrected chi connectivity index (χ3v) is 3.84. The first kappa shape index (κ1) is 17.3. The smallest absolute Gasteiger partial charge is 0.267 e. The second-order valence-electron chi connectivity index (χ2n) is 5.79. The van der Waals surface area contributed by atoms with Crippen LogP contribution in [0.1, 0.15) is 56.8 Å². The van der Waals surface area contributed by atoms with Crippen molar-refractivity contribution in [2.45, 2.75) is 52.6 Å². The Hall–Kier alpha value is -2.04. The van der Waals surface area contributed by atoms with Crippen LogP contribution in [0.3, 0.4) is 0 Å². The van der Waals surface area contributed by atoms with E-state index in [1.807, 2.05) is 6.92 Å². The molecule has 0 bridgehead atoms. The normalized spacial score (nSPS) is 16.7. The van der Waals surface area contributed by atoms with Gasteiger partial charge in [-0.05, 0) is 31.9 Å². The summed E-state index contributed by atoms with van der Waals surface area (Å²) < 4.78 is 11.5. The van der Waals surface area contributed by atoms with E-state index in [-0.39, 0.29) is 5.91 Å². The minimum atomic E-state index is -0.546. The molecule has 0 saturated heterocycles. The lowest BCUT2D eigenvalue weighted by Crippen LogP contribution is -2.45. The largest absolute Gasteiger partial charge is 0.490 e. The van der Waals surface area contributed by atoms with Crippen LogP contribution < -0.4 is 14.4 Å². The molecule has 1 aromatic carbocycles. The molecule has 23 heavy (non-hydrogen) atoms. The zero-order valence-corrected chi connectivity index (χ0v) is 14.1. The van der Waals surface area contributed by atoms with Crippen LogP contribution in [0.2, 0.25) is 0 Å². The van der Waals surface area contributed by atoms with E-state index in [0.717, 1.165) is 32.0 Å². The number of rotatable bonds is 8. The fourth-order valence-corrected chi connectivity index (χ4v) is 2.63. The summed E-state index contributed by atoms with van der Waals surface area (Å²) in [6.45, 7) is 7.05. The van der Waals surface area contributed by atoms with Crippen molar-refractivity contribution < 1.29 is 19.1 Å². The van der Waals surface area contributed by atoms with Gasteiger partial charge in [-0.3, -0.25) is 9.59 Å². The van der Waals surface area contributed by atoms with Gasteiger partial charge in [0.05, 0.1) is 12.3 Å². The van der Waals surface area contributed by atoms with Crippen molar-refractivity contribution in [1.29, 1.82) is 0 Å². The molecule has 1 aliphatic heterocycles. The first-order valence-electron chi connectivity index (χ1n) is 8.36. The summed E-state index contributed by atoms with van der Waals surface area (Å²) in [4.78, 5) is 25.4. The van der Waals surface area contributed by atoms with E-state index in [1.54, 1.807) is 24.0 Å². The number of nitrogens with zero attached hydrogens (tertiary/aromatic N) is 1. The average Bonchev–Trinajstić information content (AvgIpc) is 2.56. The summed E-state index contributed by atoms with van der Waals surface area (Å²) in [6, 6.07) is 3.38. The van der Waals surface area contributed by atoms with Crippen molar-refractivity contribution in [3.63, 3.8) is 0 Å². The number of carbonyl (C=O) groups excluding carboxylic acids is 2. The Bertz CT molecular complexity index is 570. The molecule has 1 unspecified atom stereocenters. The summed E-state index contributed by atoms with van der Waals surface area (Å²) in [5, 5.41) is 0. The van der Waals surface area contributed by atoms with E-state index in [4.69, 9.17) is 9.47 Å². The lowest BCUT2D eigenvalue weighted by atomic mass is 10.1. The fraction of sp³-hybridized carbons (Fsp3) is 0.556. The number of unbranched alkanes of at least 4 members (excludes halogenated alkanes) is 2. The van der Waals surface area contributed by atoms with Crippen LogP contribution >= 0.6 is 0 Å². The van der Waals surface area contributed by atoms with E-state index in [9.17, 15) is 9.59 Å². The molecule has 5 heteroatoms. The summed E-state index contributed by atoms with van der Waals surface area (Å²) in [6.07, 6.45) is 4.14. The lowest BCUT2D eigenvalue weighted by molar-refractivity contribution is -0.125. The Balaban J connectivity index is 2.41. The number of hydrogen-bond donors (Lipinski definition) is 0. The van der Waals surface area contributed by atoms with Crippen molar-refractivity contribution in [2.24, 2.45) is 0 Å². The molecule has 126 valence electrons. The molecular weight excluding hydrogens is 294 g/mol. The number of anilines is 1. The van der Waals surface area contributed by atoms with Gasteiger partial charge in [0.1, 0.15) is 6.29 Å². The van der Waals surface area contributed by atoms with Gasteiger partial charge in [-0.25, -0.2) is 0 Å². The SMILES string of the molecule is CCCCCN1C(=O)C(C)Oc2c(OCCC)cc(C=O)cc21. The predicted molar refractivity (Wildman–Crippen MR) is 89.6 cm³/mol. The van der Waals surface area contributed by atoms with Crippen molar-refractivity contribution in [3.8, 4) is 11.5 Å². The number of amides is 1. The van der Waals surface area contributed by atoms with Gasteiger partial charge in [0.25, 0.3) is 5.91 Å². The van der Waals surface area contributed by atoms with E-state index < -0.39 is 6.10 Å². The molecular formula is C18H25NO4. The molecule has 2 rings (SSSR count). The van der Waals surface area contributed by atoms with Crippen molar-refractivity contribution in [3.05, 3.63) is 17.7 Å². The second kappa shape index (κ2) is 7.99. The van der Waals surface area contributed by atoms with E-state index in [2.05, 4.69) is 6.92 Å². The molecule has 0 N–H and O–H groups in total. The number of carbonyl (C=O) groups is 2. The zero-order chi connectivity index (χ0) is 16.8. The maximum absolute atomic E-state index is 12.5. The van der Waals surface area contributed by atoms with Crippen LogP contribution in [0.5, 0.6) is 11.5 Å². The number of ether oxygens (including phenoxy) is 2. The van der Waals surface area contributed by atoms with Gasteiger partial charge in [0.2, 0.25) is 0 Å². The minimum absolute atomic E-state index is 0.0712. The number of hydrogen-bond acceptors (Lipinski definition) is 4. The van der Waals surface area contributed by atoms with Gasteiger partial charge in [-0.1, -0.05) is 26.7 Å². The fourth-order valence-electron chi connectivity index (χ4n) is 2.63. The zero-order valence-electron chi connectivity index (χ0n) is 14.1. The first-order valence-corrected chi connectivity index (χ1v) is 8.36. The van der Waals surface area contributed by atoms with Gasteiger partial charge < -0.3 is 14.4 Å². The van der Waals surface area contributed by atoms with Crippen molar-refractivity contribution in [1.82, 2.24) is 0 Å². The third kappa shape index (κ3) is 3.84. The first-order chi connectivity index (χ1) is 11.1. The number of aldehydes is 1. The molecule has 0 saturated carbocycles. The highest BCUT2D eigenvalue weighted by Crippen LogP contribution is 2.43. The molecule has 0 spiro atoms. The maximum Gasteiger partial charge on any atom is 0.267 e. The average molecular weight is 319 g/mol. The van der Waals surface area contributed by atoms with Crippen LogP contribution in [-0.2, 0) is 4.79 Å².